The topological polar surface area (TPSA) is 93.8 Å². The minimum absolute atomic E-state index is 0.127. The molecule has 0 aliphatic heterocycles. The Hall–Kier alpha value is -2.57. The highest BCUT2D eigenvalue weighted by Gasteiger charge is 2.06. The molecular weight excluding hydrogens is 234 g/mol. The molecule has 7 nitrogen and oxygen atoms in total. The lowest BCUT2D eigenvalue weighted by Gasteiger charge is -2.04. The Labute approximate surface area is 103 Å². The van der Waals surface area contributed by atoms with E-state index in [1.165, 1.54) is 12.4 Å². The zero-order chi connectivity index (χ0) is 13.0. The summed E-state index contributed by atoms with van der Waals surface area (Å²) in [5.74, 6) is 0.348. The maximum absolute atomic E-state index is 10.4. The summed E-state index contributed by atoms with van der Waals surface area (Å²) in [6.45, 7) is 2.43. The Morgan fingerprint density at radius 1 is 1.22 bits per heavy atom. The maximum atomic E-state index is 10.4. The molecule has 2 aromatic heterocycles. The fourth-order valence-corrected chi connectivity index (χ4v) is 1.29. The molecule has 7 heteroatoms. The quantitative estimate of drug-likeness (QED) is 0.650. The predicted molar refractivity (Wildman–Crippen MR) is 65.0 cm³/mol. The summed E-state index contributed by atoms with van der Waals surface area (Å²) < 4.78 is 0. The second-order valence-corrected chi connectivity index (χ2v) is 3.68. The second-order valence-electron chi connectivity index (χ2n) is 3.68. The number of anilines is 1. The SMILES string of the molecule is Cc1ccc(CNc2ncc([N+](=O)[O-])cn2)cn1. The molecule has 2 rings (SSSR count). The maximum Gasteiger partial charge on any atom is 0.305 e. The average molecular weight is 245 g/mol. The van der Waals surface area contributed by atoms with Crippen molar-refractivity contribution in [1.29, 1.82) is 0 Å². The van der Waals surface area contributed by atoms with Gasteiger partial charge < -0.3 is 5.32 Å². The lowest BCUT2D eigenvalue weighted by molar-refractivity contribution is -0.385. The molecule has 92 valence electrons. The van der Waals surface area contributed by atoms with E-state index in [1.54, 1.807) is 6.20 Å². The summed E-state index contributed by atoms with van der Waals surface area (Å²) in [5, 5.41) is 13.4. The Balaban J connectivity index is 1.97. The first-order valence-corrected chi connectivity index (χ1v) is 5.27. The average Bonchev–Trinajstić information content (AvgIpc) is 2.38. The highest BCUT2D eigenvalue weighted by molar-refractivity contribution is 5.31. The number of aromatic nitrogens is 3. The van der Waals surface area contributed by atoms with Crippen molar-refractivity contribution in [2.24, 2.45) is 0 Å². The molecule has 0 unspecified atom stereocenters. The molecule has 0 bridgehead atoms. The van der Waals surface area contributed by atoms with Crippen LogP contribution in [0.2, 0.25) is 0 Å². The second kappa shape index (κ2) is 5.17. The van der Waals surface area contributed by atoms with Crippen molar-refractivity contribution in [2.75, 3.05) is 5.32 Å². The molecule has 0 fully saturated rings. The van der Waals surface area contributed by atoms with Gasteiger partial charge in [-0.05, 0) is 18.6 Å². The molecule has 0 saturated heterocycles. The third-order valence-electron chi connectivity index (χ3n) is 2.27. The van der Waals surface area contributed by atoms with Crippen molar-refractivity contribution in [3.63, 3.8) is 0 Å². The van der Waals surface area contributed by atoms with E-state index in [0.29, 0.717) is 12.5 Å². The molecule has 2 heterocycles. The van der Waals surface area contributed by atoms with Gasteiger partial charge in [0.2, 0.25) is 5.95 Å². The summed E-state index contributed by atoms with van der Waals surface area (Å²) in [6.07, 6.45) is 4.10. The van der Waals surface area contributed by atoms with Gasteiger partial charge >= 0.3 is 5.69 Å². The largest absolute Gasteiger partial charge is 0.350 e. The molecule has 0 saturated carbocycles. The monoisotopic (exact) mass is 245 g/mol. The van der Waals surface area contributed by atoms with Crippen LogP contribution in [0, 0.1) is 17.0 Å². The number of nitrogens with zero attached hydrogens (tertiary/aromatic N) is 4. The number of hydrogen-bond donors (Lipinski definition) is 1. The molecule has 0 spiro atoms. The first kappa shape index (κ1) is 11.9. The van der Waals surface area contributed by atoms with E-state index in [0.717, 1.165) is 11.3 Å². The van der Waals surface area contributed by atoms with Crippen LogP contribution in [0.4, 0.5) is 11.6 Å². The van der Waals surface area contributed by atoms with Crippen molar-refractivity contribution < 1.29 is 4.92 Å². The summed E-state index contributed by atoms with van der Waals surface area (Å²) in [6, 6.07) is 3.86. The van der Waals surface area contributed by atoms with Gasteiger partial charge in [0.05, 0.1) is 4.92 Å². The third-order valence-corrected chi connectivity index (χ3v) is 2.27. The van der Waals surface area contributed by atoms with Gasteiger partial charge in [0, 0.05) is 18.4 Å². The summed E-state index contributed by atoms with van der Waals surface area (Å²) in [5.41, 5.74) is 1.81. The van der Waals surface area contributed by atoms with Crippen molar-refractivity contribution >= 4 is 11.6 Å². The van der Waals surface area contributed by atoms with Crippen molar-refractivity contribution in [1.82, 2.24) is 15.0 Å². The Kier molecular flexibility index (Phi) is 3.42. The van der Waals surface area contributed by atoms with Gasteiger partial charge in [0.15, 0.2) is 0 Å². The zero-order valence-electron chi connectivity index (χ0n) is 9.70. The molecule has 2 aromatic rings. The van der Waals surface area contributed by atoms with E-state index in [1.807, 2.05) is 19.1 Å². The van der Waals surface area contributed by atoms with Crippen LogP contribution in [0.25, 0.3) is 0 Å². The van der Waals surface area contributed by atoms with Crippen LogP contribution in [0.15, 0.2) is 30.7 Å². The van der Waals surface area contributed by atoms with Crippen molar-refractivity contribution in [2.45, 2.75) is 13.5 Å². The normalized spacial score (nSPS) is 10.1. The fraction of sp³-hybridized carbons (Fsp3) is 0.182. The molecular formula is C11H11N5O2. The van der Waals surface area contributed by atoms with Gasteiger partial charge in [-0.2, -0.15) is 0 Å². The van der Waals surface area contributed by atoms with Crippen molar-refractivity contribution in [3.8, 4) is 0 Å². The van der Waals surface area contributed by atoms with Gasteiger partial charge in [0.25, 0.3) is 0 Å². The molecule has 1 N–H and O–H groups in total. The molecule has 0 amide bonds. The minimum Gasteiger partial charge on any atom is -0.350 e. The van der Waals surface area contributed by atoms with Gasteiger partial charge in [0.1, 0.15) is 12.4 Å². The molecule has 0 aliphatic carbocycles. The number of nitrogens with one attached hydrogen (secondary N) is 1. The van der Waals surface area contributed by atoms with Crippen LogP contribution in [-0.2, 0) is 6.54 Å². The van der Waals surface area contributed by atoms with E-state index in [-0.39, 0.29) is 5.69 Å². The van der Waals surface area contributed by atoms with Gasteiger partial charge in [-0.1, -0.05) is 6.07 Å². The van der Waals surface area contributed by atoms with Crippen LogP contribution in [-0.4, -0.2) is 19.9 Å². The Morgan fingerprint density at radius 3 is 2.50 bits per heavy atom. The van der Waals surface area contributed by atoms with Crippen LogP contribution < -0.4 is 5.32 Å². The molecule has 18 heavy (non-hydrogen) atoms. The highest BCUT2D eigenvalue weighted by Crippen LogP contribution is 2.09. The highest BCUT2D eigenvalue weighted by atomic mass is 16.6. The number of nitro groups is 1. The van der Waals surface area contributed by atoms with E-state index in [4.69, 9.17) is 0 Å². The van der Waals surface area contributed by atoms with E-state index in [9.17, 15) is 10.1 Å². The molecule has 0 atom stereocenters. The lowest BCUT2D eigenvalue weighted by atomic mass is 10.2. The smallest absolute Gasteiger partial charge is 0.305 e. The standard InChI is InChI=1S/C11H11N5O2/c1-8-2-3-9(4-12-8)5-13-11-14-6-10(7-15-11)16(17)18/h2-4,6-7H,5H2,1H3,(H,13,14,15). The molecule has 0 radical (unpaired) electrons. The predicted octanol–water partition coefficient (Wildman–Crippen LogP) is 1.70. The summed E-state index contributed by atoms with van der Waals surface area (Å²) in [4.78, 5) is 21.7. The summed E-state index contributed by atoms with van der Waals surface area (Å²) in [7, 11) is 0. The van der Waals surface area contributed by atoms with Gasteiger partial charge in [-0.15, -0.1) is 0 Å². The number of aryl methyl sites for hydroxylation is 1. The Bertz CT molecular complexity index is 538. The van der Waals surface area contributed by atoms with Crippen LogP contribution in [0.3, 0.4) is 0 Å². The fourth-order valence-electron chi connectivity index (χ4n) is 1.29. The van der Waals surface area contributed by atoms with Gasteiger partial charge in [-0.25, -0.2) is 9.97 Å². The van der Waals surface area contributed by atoms with E-state index < -0.39 is 4.92 Å². The molecule has 0 aliphatic rings. The first-order valence-electron chi connectivity index (χ1n) is 5.27. The number of pyridine rings is 1. The first-order chi connectivity index (χ1) is 8.65. The van der Waals surface area contributed by atoms with E-state index >= 15 is 0 Å². The van der Waals surface area contributed by atoms with Crippen LogP contribution in [0.1, 0.15) is 11.3 Å². The molecule has 0 aromatic carbocycles. The zero-order valence-corrected chi connectivity index (χ0v) is 9.70. The number of hydrogen-bond acceptors (Lipinski definition) is 6. The van der Waals surface area contributed by atoms with Crippen LogP contribution in [0.5, 0.6) is 0 Å². The summed E-state index contributed by atoms with van der Waals surface area (Å²) >= 11 is 0. The van der Waals surface area contributed by atoms with Crippen molar-refractivity contribution in [3.05, 3.63) is 52.1 Å². The minimum atomic E-state index is -0.534. The van der Waals surface area contributed by atoms with Crippen LogP contribution >= 0.6 is 0 Å². The Morgan fingerprint density at radius 2 is 1.94 bits per heavy atom. The third kappa shape index (κ3) is 2.97. The lowest BCUT2D eigenvalue weighted by Crippen LogP contribution is -2.04. The number of rotatable bonds is 4. The van der Waals surface area contributed by atoms with Gasteiger partial charge in [-0.3, -0.25) is 15.1 Å². The van der Waals surface area contributed by atoms with E-state index in [2.05, 4.69) is 20.3 Å².